The minimum atomic E-state index is -0.870. The Morgan fingerprint density at radius 1 is 0.973 bits per heavy atom. The number of carbonyl (C=O) groups is 2. The summed E-state index contributed by atoms with van der Waals surface area (Å²) in [5, 5.41) is 17.2. The predicted octanol–water partition coefficient (Wildman–Crippen LogP) is 6.07. The molecule has 1 fully saturated rings. The number of anilines is 1. The molecule has 3 aromatic carbocycles. The van der Waals surface area contributed by atoms with Gasteiger partial charge in [0.1, 0.15) is 17.3 Å². The van der Waals surface area contributed by atoms with Crippen LogP contribution >= 0.6 is 0 Å². The van der Waals surface area contributed by atoms with Crippen LogP contribution in [0.3, 0.4) is 0 Å². The van der Waals surface area contributed by atoms with Crippen LogP contribution in [-0.4, -0.2) is 29.1 Å². The Hall–Kier alpha value is -4.39. The quantitative estimate of drug-likeness (QED) is 0.209. The molecule has 1 unspecified atom stereocenters. The van der Waals surface area contributed by atoms with Gasteiger partial charge < -0.3 is 14.4 Å². The van der Waals surface area contributed by atoms with Crippen LogP contribution in [0.15, 0.2) is 76.8 Å². The first kappa shape index (κ1) is 24.3. The van der Waals surface area contributed by atoms with E-state index in [-0.39, 0.29) is 22.6 Å². The van der Waals surface area contributed by atoms with Crippen molar-refractivity contribution in [2.75, 3.05) is 12.0 Å². The molecule has 0 radical (unpaired) electrons. The standard InChI is InChI=1S/C30H28N2O5/c1-17-14-24(31-37-17)32-26(18-8-11-22(12-9-18)30(2,3)4)25(28(34)29(32)35)27(33)21-7-6-20-16-23(36-5)13-10-19(20)15-21/h6-16,26,33H,1-5H3/b27-25+. The number of aromatic nitrogens is 1. The third-order valence-electron chi connectivity index (χ3n) is 6.72. The molecule has 1 aromatic heterocycles. The number of aliphatic hydroxyl groups excluding tert-OH is 1. The maximum atomic E-state index is 13.4. The molecule has 0 bridgehead atoms. The number of rotatable bonds is 4. The number of fused-ring (bicyclic) bond motifs is 1. The number of aliphatic hydroxyl groups is 1. The summed E-state index contributed by atoms with van der Waals surface area (Å²) in [6, 6.07) is 19.4. The molecule has 0 spiro atoms. The van der Waals surface area contributed by atoms with E-state index < -0.39 is 17.7 Å². The third-order valence-corrected chi connectivity index (χ3v) is 6.72. The number of hydrogen-bond acceptors (Lipinski definition) is 6. The first-order valence-corrected chi connectivity index (χ1v) is 12.0. The fourth-order valence-corrected chi connectivity index (χ4v) is 4.67. The Bertz CT molecular complexity index is 1560. The number of nitrogens with zero attached hydrogens (tertiary/aromatic N) is 2. The highest BCUT2D eigenvalue weighted by Crippen LogP contribution is 2.42. The molecule has 7 heteroatoms. The van der Waals surface area contributed by atoms with E-state index in [1.54, 1.807) is 32.2 Å². The monoisotopic (exact) mass is 496 g/mol. The zero-order valence-electron chi connectivity index (χ0n) is 21.4. The van der Waals surface area contributed by atoms with Crippen molar-refractivity contribution in [1.29, 1.82) is 0 Å². The lowest BCUT2D eigenvalue weighted by molar-refractivity contribution is -0.132. The Kier molecular flexibility index (Phi) is 5.86. The smallest absolute Gasteiger partial charge is 0.301 e. The second kappa shape index (κ2) is 8.92. The van der Waals surface area contributed by atoms with Crippen molar-refractivity contribution < 1.29 is 24.0 Å². The molecule has 0 saturated carbocycles. The summed E-state index contributed by atoms with van der Waals surface area (Å²) in [5.41, 5.74) is 2.15. The number of benzene rings is 3. The Morgan fingerprint density at radius 3 is 2.27 bits per heavy atom. The number of ketones is 1. The molecular weight excluding hydrogens is 468 g/mol. The molecule has 0 aliphatic carbocycles. The van der Waals surface area contributed by atoms with Gasteiger partial charge in [0.2, 0.25) is 0 Å². The van der Waals surface area contributed by atoms with Crippen LogP contribution < -0.4 is 9.64 Å². The van der Waals surface area contributed by atoms with Crippen LogP contribution in [0.2, 0.25) is 0 Å². The first-order chi connectivity index (χ1) is 17.6. The number of amides is 1. The van der Waals surface area contributed by atoms with E-state index in [0.29, 0.717) is 16.9 Å². The first-order valence-electron chi connectivity index (χ1n) is 12.0. The average molecular weight is 497 g/mol. The van der Waals surface area contributed by atoms with Crippen LogP contribution in [0.5, 0.6) is 5.75 Å². The fraction of sp³-hybridized carbons (Fsp3) is 0.233. The topological polar surface area (TPSA) is 92.9 Å². The zero-order valence-corrected chi connectivity index (χ0v) is 21.4. The van der Waals surface area contributed by atoms with Crippen molar-refractivity contribution in [3.8, 4) is 5.75 Å². The highest BCUT2D eigenvalue weighted by atomic mass is 16.5. The van der Waals surface area contributed by atoms with E-state index >= 15 is 0 Å². The third kappa shape index (κ3) is 4.27. The molecule has 2 heterocycles. The minimum absolute atomic E-state index is 0.00187. The molecule has 1 N–H and O–H groups in total. The number of hydrogen-bond donors (Lipinski definition) is 1. The predicted molar refractivity (Wildman–Crippen MR) is 142 cm³/mol. The van der Waals surface area contributed by atoms with E-state index in [1.807, 2.05) is 48.5 Å². The molecule has 37 heavy (non-hydrogen) atoms. The second-order valence-corrected chi connectivity index (χ2v) is 10.3. The summed E-state index contributed by atoms with van der Waals surface area (Å²) >= 11 is 0. The van der Waals surface area contributed by atoms with Crippen molar-refractivity contribution in [2.24, 2.45) is 0 Å². The SMILES string of the molecule is COc1ccc2cc(/C(O)=C3\C(=O)C(=O)N(c4cc(C)on4)C3c3ccc(C(C)(C)C)cc3)ccc2c1. The van der Waals surface area contributed by atoms with Crippen LogP contribution in [0.1, 0.15) is 49.3 Å². The van der Waals surface area contributed by atoms with Gasteiger partial charge in [0.25, 0.3) is 5.78 Å². The molecule has 1 aliphatic rings. The molecule has 4 aromatic rings. The summed E-state index contributed by atoms with van der Waals surface area (Å²) in [6.07, 6.45) is 0. The van der Waals surface area contributed by atoms with Crippen molar-refractivity contribution in [1.82, 2.24) is 5.16 Å². The lowest BCUT2D eigenvalue weighted by atomic mass is 9.85. The van der Waals surface area contributed by atoms with Crippen molar-refractivity contribution in [3.05, 3.63) is 94.8 Å². The van der Waals surface area contributed by atoms with E-state index in [4.69, 9.17) is 9.26 Å². The van der Waals surface area contributed by atoms with Gasteiger partial charge in [0.05, 0.1) is 18.7 Å². The zero-order chi connectivity index (χ0) is 26.5. The van der Waals surface area contributed by atoms with E-state index in [9.17, 15) is 14.7 Å². The summed E-state index contributed by atoms with van der Waals surface area (Å²) in [5.74, 6) is -0.360. The number of aryl methyl sites for hydroxylation is 1. The Labute approximate surface area is 215 Å². The fourth-order valence-electron chi connectivity index (χ4n) is 4.67. The summed E-state index contributed by atoms with van der Waals surface area (Å²) < 4.78 is 10.5. The second-order valence-electron chi connectivity index (χ2n) is 10.3. The van der Waals surface area contributed by atoms with Crippen LogP contribution in [0.4, 0.5) is 5.82 Å². The average Bonchev–Trinajstić information content (AvgIpc) is 3.42. The highest BCUT2D eigenvalue weighted by molar-refractivity contribution is 6.51. The van der Waals surface area contributed by atoms with Crippen molar-refractivity contribution in [2.45, 2.75) is 39.2 Å². The largest absolute Gasteiger partial charge is 0.507 e. The van der Waals surface area contributed by atoms with Gasteiger partial charge in [-0.15, -0.1) is 0 Å². The maximum Gasteiger partial charge on any atom is 0.301 e. The van der Waals surface area contributed by atoms with Gasteiger partial charge in [0, 0.05) is 11.6 Å². The Balaban J connectivity index is 1.68. The highest BCUT2D eigenvalue weighted by Gasteiger charge is 2.48. The van der Waals surface area contributed by atoms with Gasteiger partial charge in [-0.3, -0.25) is 14.5 Å². The molecule has 5 rings (SSSR count). The number of Topliss-reactive ketones (excluding diaryl/α,β-unsaturated/α-hetero) is 1. The van der Waals surface area contributed by atoms with Gasteiger partial charge >= 0.3 is 5.91 Å². The van der Waals surface area contributed by atoms with Gasteiger partial charge in [-0.25, -0.2) is 0 Å². The molecule has 1 saturated heterocycles. The lowest BCUT2D eigenvalue weighted by Crippen LogP contribution is -2.29. The number of ether oxygens (including phenoxy) is 1. The molecule has 1 atom stereocenters. The molecule has 188 valence electrons. The molecule has 1 amide bonds. The van der Waals surface area contributed by atoms with Gasteiger partial charge in [-0.05, 0) is 52.4 Å². The van der Waals surface area contributed by atoms with Gasteiger partial charge in [-0.2, -0.15) is 0 Å². The van der Waals surface area contributed by atoms with Crippen LogP contribution in [-0.2, 0) is 15.0 Å². The Morgan fingerprint density at radius 2 is 1.65 bits per heavy atom. The number of methoxy groups -OCH3 is 1. The normalized spacial score (nSPS) is 17.5. The van der Waals surface area contributed by atoms with Gasteiger partial charge in [-0.1, -0.05) is 68.4 Å². The molecular formula is C30H28N2O5. The van der Waals surface area contributed by atoms with Crippen LogP contribution in [0.25, 0.3) is 16.5 Å². The minimum Gasteiger partial charge on any atom is -0.507 e. The van der Waals surface area contributed by atoms with E-state index in [1.165, 1.54) is 4.90 Å². The van der Waals surface area contributed by atoms with Gasteiger partial charge in [0.15, 0.2) is 5.82 Å². The molecule has 7 nitrogen and oxygen atoms in total. The van der Waals surface area contributed by atoms with E-state index in [0.717, 1.165) is 22.1 Å². The van der Waals surface area contributed by atoms with Crippen molar-refractivity contribution in [3.63, 3.8) is 0 Å². The maximum absolute atomic E-state index is 13.4. The number of carbonyl (C=O) groups excluding carboxylic acids is 2. The van der Waals surface area contributed by atoms with E-state index in [2.05, 4.69) is 25.9 Å². The van der Waals surface area contributed by atoms with Crippen molar-refractivity contribution >= 4 is 34.0 Å². The van der Waals surface area contributed by atoms with Crippen LogP contribution in [0, 0.1) is 6.92 Å². The summed E-state index contributed by atoms with van der Waals surface area (Å²) in [6.45, 7) is 8.05. The summed E-state index contributed by atoms with van der Waals surface area (Å²) in [4.78, 5) is 28.0. The molecule has 1 aliphatic heterocycles. The summed E-state index contributed by atoms with van der Waals surface area (Å²) in [7, 11) is 1.60. The lowest BCUT2D eigenvalue weighted by Gasteiger charge is -2.24.